The number of carbonyl (C=O) groups is 5. The number of amides is 5. The van der Waals surface area contributed by atoms with E-state index in [-0.39, 0.29) is 57.1 Å². The number of carboxylic acids is 1. The molecular weight excluding hydrogens is 434 g/mol. The number of imide groups is 1. The van der Waals surface area contributed by atoms with E-state index in [0.717, 1.165) is 4.90 Å². The summed E-state index contributed by atoms with van der Waals surface area (Å²) in [5.74, 6) is -3.96. The van der Waals surface area contributed by atoms with Crippen LogP contribution in [-0.2, 0) is 19.2 Å². The third-order valence-electron chi connectivity index (χ3n) is 6.03. The van der Waals surface area contributed by atoms with Gasteiger partial charge < -0.3 is 31.7 Å². The van der Waals surface area contributed by atoms with E-state index in [1.54, 1.807) is 0 Å². The first kappa shape index (κ1) is 25.9. The third-order valence-corrected chi connectivity index (χ3v) is 6.03. The van der Waals surface area contributed by atoms with Gasteiger partial charge in [0.05, 0.1) is 5.92 Å². The molecule has 2 aliphatic rings. The van der Waals surface area contributed by atoms with Gasteiger partial charge in [0.2, 0.25) is 5.91 Å². The Morgan fingerprint density at radius 1 is 1.09 bits per heavy atom. The molecule has 0 radical (unpaired) electrons. The van der Waals surface area contributed by atoms with Crippen LogP contribution in [0.25, 0.3) is 0 Å². The lowest BCUT2D eigenvalue weighted by atomic mass is 9.84. The van der Waals surface area contributed by atoms with Gasteiger partial charge in [-0.25, -0.2) is 14.5 Å². The molecular formula is C20H33N7O6. The summed E-state index contributed by atoms with van der Waals surface area (Å²) in [5, 5.41) is 12.2. The summed E-state index contributed by atoms with van der Waals surface area (Å²) in [5.41, 5.74) is 10.5. The Hall–Kier alpha value is -3.38. The normalized spacial score (nSPS) is 21.3. The van der Waals surface area contributed by atoms with Crippen LogP contribution >= 0.6 is 0 Å². The highest BCUT2D eigenvalue weighted by molar-refractivity contribution is 6.35. The SMILES string of the molecule is CC(C)C(C)NC(=O)C(=O)N1CCN(C(=O)N2C(=O)[C@H](CCCN=C(N)N)C2C(=O)O)CC1. The van der Waals surface area contributed by atoms with E-state index in [4.69, 9.17) is 11.5 Å². The molecule has 0 aromatic carbocycles. The Bertz CT molecular complexity index is 818. The molecule has 2 heterocycles. The lowest BCUT2D eigenvalue weighted by molar-refractivity contribution is -0.167. The number of hydrogen-bond donors (Lipinski definition) is 4. The molecule has 0 spiro atoms. The van der Waals surface area contributed by atoms with Crippen molar-refractivity contribution >= 4 is 35.7 Å². The van der Waals surface area contributed by atoms with Crippen LogP contribution in [0.5, 0.6) is 0 Å². The number of nitrogens with one attached hydrogen (secondary N) is 1. The average molecular weight is 468 g/mol. The Balaban J connectivity index is 1.91. The van der Waals surface area contributed by atoms with Crippen LogP contribution in [0, 0.1) is 11.8 Å². The van der Waals surface area contributed by atoms with Crippen LogP contribution in [0.1, 0.15) is 33.6 Å². The Labute approximate surface area is 192 Å². The van der Waals surface area contributed by atoms with Crippen molar-refractivity contribution in [1.29, 1.82) is 0 Å². The third kappa shape index (κ3) is 6.11. The average Bonchev–Trinajstić information content (AvgIpc) is 2.75. The maximum atomic E-state index is 12.8. The molecule has 2 fully saturated rings. The van der Waals surface area contributed by atoms with Gasteiger partial charge in [0.1, 0.15) is 0 Å². The van der Waals surface area contributed by atoms with E-state index in [2.05, 4.69) is 10.3 Å². The second-order valence-corrected chi connectivity index (χ2v) is 8.61. The number of carboxylic acid groups (broad SMARTS) is 1. The molecule has 2 aliphatic heterocycles. The van der Waals surface area contributed by atoms with Gasteiger partial charge >= 0.3 is 23.8 Å². The highest BCUT2D eigenvalue weighted by Crippen LogP contribution is 2.32. The number of rotatable bonds is 7. The number of nitrogens with zero attached hydrogens (tertiary/aromatic N) is 4. The standard InChI is InChI=1S/C20H33N7O6/c1-11(2)12(3)24-15(28)17(30)25-7-9-26(10-8-25)20(33)27-14(18(31)32)13(16(27)29)5-4-6-23-19(21)22/h11-14H,4-10H2,1-3H3,(H,24,28)(H,31,32)(H4,21,22,23)/t12?,13-,14?/m1/s1. The summed E-state index contributed by atoms with van der Waals surface area (Å²) >= 11 is 0. The molecule has 13 heteroatoms. The van der Waals surface area contributed by atoms with Crippen LogP contribution < -0.4 is 16.8 Å². The van der Waals surface area contributed by atoms with Crippen LogP contribution in [0.15, 0.2) is 4.99 Å². The molecule has 33 heavy (non-hydrogen) atoms. The minimum absolute atomic E-state index is 0.0862. The highest BCUT2D eigenvalue weighted by Gasteiger charge is 2.55. The summed E-state index contributed by atoms with van der Waals surface area (Å²) < 4.78 is 0. The van der Waals surface area contributed by atoms with Crippen LogP contribution in [0.4, 0.5) is 4.79 Å². The molecule has 6 N–H and O–H groups in total. The zero-order valence-corrected chi connectivity index (χ0v) is 19.2. The predicted molar refractivity (Wildman–Crippen MR) is 118 cm³/mol. The topological polar surface area (TPSA) is 192 Å². The van der Waals surface area contributed by atoms with Crippen molar-refractivity contribution in [3.8, 4) is 0 Å². The molecule has 3 atom stereocenters. The Morgan fingerprint density at radius 3 is 2.18 bits per heavy atom. The monoisotopic (exact) mass is 467 g/mol. The van der Waals surface area contributed by atoms with Gasteiger partial charge in [0.15, 0.2) is 12.0 Å². The number of aliphatic imine (C=N–C) groups is 1. The van der Waals surface area contributed by atoms with Crippen molar-refractivity contribution in [1.82, 2.24) is 20.0 Å². The molecule has 13 nitrogen and oxygen atoms in total. The molecule has 0 saturated carbocycles. The van der Waals surface area contributed by atoms with Crippen molar-refractivity contribution in [2.45, 2.75) is 45.7 Å². The van der Waals surface area contributed by atoms with Gasteiger partial charge in [-0.05, 0) is 25.7 Å². The first-order valence-corrected chi connectivity index (χ1v) is 11.0. The van der Waals surface area contributed by atoms with Crippen molar-refractivity contribution in [3.63, 3.8) is 0 Å². The Kier molecular flexibility index (Phi) is 8.60. The van der Waals surface area contributed by atoms with Crippen LogP contribution in [-0.4, -0.2) is 100 Å². The summed E-state index contributed by atoms with van der Waals surface area (Å²) in [6.07, 6.45) is 0.640. The zero-order valence-electron chi connectivity index (χ0n) is 19.2. The summed E-state index contributed by atoms with van der Waals surface area (Å²) in [4.78, 5) is 68.8. The molecule has 0 bridgehead atoms. The molecule has 5 amide bonds. The zero-order chi connectivity index (χ0) is 24.9. The number of guanidine groups is 1. The number of β-lactam (4-membered cyclic amide) rings is 1. The molecule has 0 aromatic heterocycles. The van der Waals surface area contributed by atoms with E-state index in [0.29, 0.717) is 6.42 Å². The summed E-state index contributed by atoms with van der Waals surface area (Å²) in [6, 6.07) is -2.13. The van der Waals surface area contributed by atoms with Crippen molar-refractivity contribution < 1.29 is 29.1 Å². The van der Waals surface area contributed by atoms with E-state index in [1.807, 2.05) is 20.8 Å². The quantitative estimate of drug-likeness (QED) is 0.113. The first-order chi connectivity index (χ1) is 15.5. The Morgan fingerprint density at radius 2 is 1.67 bits per heavy atom. The predicted octanol–water partition coefficient (Wildman–Crippen LogP) is -1.62. The highest BCUT2D eigenvalue weighted by atomic mass is 16.4. The van der Waals surface area contributed by atoms with Crippen LogP contribution in [0.3, 0.4) is 0 Å². The number of piperazine rings is 1. The fourth-order valence-electron chi connectivity index (χ4n) is 3.68. The van der Waals surface area contributed by atoms with Gasteiger partial charge in [-0.1, -0.05) is 13.8 Å². The lowest BCUT2D eigenvalue weighted by Crippen LogP contribution is -2.69. The fraction of sp³-hybridized carbons (Fsp3) is 0.700. The first-order valence-electron chi connectivity index (χ1n) is 11.0. The van der Waals surface area contributed by atoms with Gasteiger partial charge in [-0.2, -0.15) is 0 Å². The number of carbonyl (C=O) groups excluding carboxylic acids is 4. The molecule has 0 aliphatic carbocycles. The molecule has 2 rings (SSSR count). The van der Waals surface area contributed by atoms with Gasteiger partial charge in [-0.3, -0.25) is 19.4 Å². The molecule has 0 aromatic rings. The minimum Gasteiger partial charge on any atom is -0.480 e. The van der Waals surface area contributed by atoms with Gasteiger partial charge in [0.25, 0.3) is 0 Å². The van der Waals surface area contributed by atoms with Gasteiger partial charge in [0, 0.05) is 38.8 Å². The number of aliphatic carboxylic acids is 1. The number of hydrogen-bond acceptors (Lipinski definition) is 6. The van der Waals surface area contributed by atoms with Crippen molar-refractivity contribution in [2.24, 2.45) is 28.3 Å². The van der Waals surface area contributed by atoms with Crippen molar-refractivity contribution in [2.75, 3.05) is 32.7 Å². The number of nitrogens with two attached hydrogens (primary N) is 2. The number of urea groups is 1. The van der Waals surface area contributed by atoms with E-state index < -0.39 is 41.7 Å². The van der Waals surface area contributed by atoms with Crippen molar-refractivity contribution in [3.05, 3.63) is 0 Å². The maximum Gasteiger partial charge on any atom is 0.327 e. The van der Waals surface area contributed by atoms with E-state index >= 15 is 0 Å². The smallest absolute Gasteiger partial charge is 0.327 e. The summed E-state index contributed by atoms with van der Waals surface area (Å²) in [7, 11) is 0. The van der Waals surface area contributed by atoms with E-state index in [9.17, 15) is 29.1 Å². The van der Waals surface area contributed by atoms with Gasteiger partial charge in [-0.15, -0.1) is 0 Å². The number of likely N-dealkylation sites (tertiary alicyclic amines) is 1. The summed E-state index contributed by atoms with van der Waals surface area (Å²) in [6.45, 7) is 6.30. The second-order valence-electron chi connectivity index (χ2n) is 8.61. The minimum atomic E-state index is -1.26. The lowest BCUT2D eigenvalue weighted by Gasteiger charge is -2.46. The molecule has 184 valence electrons. The van der Waals surface area contributed by atoms with E-state index in [1.165, 1.54) is 9.80 Å². The molecule has 2 unspecified atom stereocenters. The largest absolute Gasteiger partial charge is 0.480 e. The maximum absolute atomic E-state index is 12.8. The fourth-order valence-corrected chi connectivity index (χ4v) is 3.68. The second kappa shape index (κ2) is 11.0. The molecule has 2 saturated heterocycles. The van der Waals surface area contributed by atoms with Crippen LogP contribution in [0.2, 0.25) is 0 Å².